The summed E-state index contributed by atoms with van der Waals surface area (Å²) in [6.07, 6.45) is 8.38. The first-order valence-corrected chi connectivity index (χ1v) is 13.5. The highest BCUT2D eigenvalue weighted by Gasteiger charge is 2.25. The van der Waals surface area contributed by atoms with Gasteiger partial charge in [-0.05, 0) is 55.9 Å². The Kier molecular flexibility index (Phi) is 8.51. The summed E-state index contributed by atoms with van der Waals surface area (Å²) in [5.74, 6) is 1.83. The fourth-order valence-electron chi connectivity index (χ4n) is 4.64. The van der Waals surface area contributed by atoms with Gasteiger partial charge in [-0.25, -0.2) is 4.99 Å². The van der Waals surface area contributed by atoms with Crippen LogP contribution in [0.5, 0.6) is 0 Å². The Balaban J connectivity index is 1.37. The molecule has 40 heavy (non-hydrogen) atoms. The molecule has 3 N–H and O–H groups in total. The number of carbonyl (C=O) groups excluding carboxylic acids is 2. The molecule has 5 rings (SSSR count). The maximum Gasteiger partial charge on any atom is 0.262 e. The number of benzene rings is 1. The average Bonchev–Trinajstić information content (AvgIpc) is 3.35. The number of halogens is 1. The lowest BCUT2D eigenvalue weighted by atomic mass is 10.1. The topological polar surface area (TPSA) is 124 Å². The number of nitrogens with one attached hydrogen (secondary N) is 3. The van der Waals surface area contributed by atoms with Crippen LogP contribution in [0.1, 0.15) is 24.0 Å². The molecule has 11 nitrogen and oxygen atoms in total. The Hall–Kier alpha value is -4.09. The smallest absolute Gasteiger partial charge is 0.262 e. The van der Waals surface area contributed by atoms with Gasteiger partial charge in [0.2, 0.25) is 0 Å². The van der Waals surface area contributed by atoms with E-state index in [-0.39, 0.29) is 31.1 Å². The summed E-state index contributed by atoms with van der Waals surface area (Å²) in [6, 6.07) is 6.51. The number of amidine groups is 1. The molecule has 12 heteroatoms. The van der Waals surface area contributed by atoms with Crippen molar-refractivity contribution in [3.05, 3.63) is 70.3 Å². The molecule has 1 aliphatic carbocycles. The predicted molar refractivity (Wildman–Crippen MR) is 155 cm³/mol. The standard InChI is InChI=1S/C28H32ClN7O4/c1-35-10-3-11-36(2)25(38)16-40-23-12-21(34-28-26-18(14-35)13-30-27(26)31-17-32-28)8-9-22(23)39-15-24(37)33-20-6-4-19(29)5-7-20/h4-9,13,17,21H,3,10-12,14-16H2,1-2H3,(H,33,37)(H2,30,31,32,34). The number of hydrogen-bond donors (Lipinski definition) is 3. The van der Waals surface area contributed by atoms with Crippen LogP contribution in [0.3, 0.4) is 0 Å². The van der Waals surface area contributed by atoms with E-state index in [2.05, 4.69) is 32.6 Å². The van der Waals surface area contributed by atoms with Crippen molar-refractivity contribution < 1.29 is 19.1 Å². The third-order valence-electron chi connectivity index (χ3n) is 6.76. The molecule has 1 unspecified atom stereocenters. The highest BCUT2D eigenvalue weighted by molar-refractivity contribution is 6.30. The van der Waals surface area contributed by atoms with Gasteiger partial charge in [-0.3, -0.25) is 14.6 Å². The lowest BCUT2D eigenvalue weighted by Gasteiger charge is -2.24. The van der Waals surface area contributed by atoms with Crippen molar-refractivity contribution >= 4 is 47.1 Å². The van der Waals surface area contributed by atoms with E-state index in [0.717, 1.165) is 29.9 Å². The summed E-state index contributed by atoms with van der Waals surface area (Å²) in [7, 11) is 3.83. The number of hydrogen-bond acceptors (Lipinski definition) is 8. The Morgan fingerprint density at radius 2 is 2.08 bits per heavy atom. The van der Waals surface area contributed by atoms with Crippen molar-refractivity contribution in [1.82, 2.24) is 14.8 Å². The molecule has 2 amide bonds. The Morgan fingerprint density at radius 3 is 2.90 bits per heavy atom. The van der Waals surface area contributed by atoms with Gasteiger partial charge in [0.15, 0.2) is 24.8 Å². The Labute approximate surface area is 237 Å². The predicted octanol–water partition coefficient (Wildman–Crippen LogP) is 3.37. The van der Waals surface area contributed by atoms with Gasteiger partial charge < -0.3 is 34.9 Å². The summed E-state index contributed by atoms with van der Waals surface area (Å²) in [5.41, 5.74) is 2.63. The maximum atomic E-state index is 12.8. The van der Waals surface area contributed by atoms with Gasteiger partial charge in [-0.2, -0.15) is 0 Å². The first-order valence-electron chi connectivity index (χ1n) is 13.1. The number of carbonyl (C=O) groups is 2. The number of aromatic nitrogens is 1. The number of likely N-dealkylation sites (N-methyl/N-ethyl adjacent to an activating group) is 1. The molecule has 0 saturated carbocycles. The van der Waals surface area contributed by atoms with Gasteiger partial charge in [0, 0.05) is 43.5 Å². The molecule has 0 saturated heterocycles. The van der Waals surface area contributed by atoms with Crippen LogP contribution in [0, 0.1) is 0 Å². The number of rotatable bonds is 4. The molecule has 1 aromatic carbocycles. The van der Waals surface area contributed by atoms with E-state index in [1.807, 2.05) is 12.3 Å². The molecule has 2 aliphatic heterocycles. The normalized spacial score (nSPS) is 21.2. The highest BCUT2D eigenvalue weighted by Crippen LogP contribution is 2.28. The lowest BCUT2D eigenvalue weighted by molar-refractivity contribution is -0.133. The lowest BCUT2D eigenvalue weighted by Crippen LogP contribution is -2.33. The van der Waals surface area contributed by atoms with Crippen molar-refractivity contribution in [2.24, 2.45) is 9.98 Å². The number of amides is 2. The third-order valence-corrected chi connectivity index (χ3v) is 7.02. The zero-order valence-electron chi connectivity index (χ0n) is 22.4. The van der Waals surface area contributed by atoms with Gasteiger partial charge in [0.05, 0.1) is 17.9 Å². The zero-order valence-corrected chi connectivity index (χ0v) is 23.2. The van der Waals surface area contributed by atoms with Crippen LogP contribution in [0.2, 0.25) is 5.02 Å². The molecule has 0 fully saturated rings. The SMILES string of the molecule is CN1CCCN(C)C(=O)COC2=C(OCC(=O)Nc3ccc(Cl)cc3)C=CC(C2)/N=C2\N=CNc3[nH]cc(c32)C1. The van der Waals surface area contributed by atoms with Gasteiger partial charge >= 0.3 is 0 Å². The van der Waals surface area contributed by atoms with Crippen LogP contribution < -0.4 is 10.6 Å². The molecule has 3 aliphatic rings. The number of ether oxygens (including phenoxy) is 2. The quantitative estimate of drug-likeness (QED) is 0.522. The number of nitrogens with zero attached hydrogens (tertiary/aromatic N) is 4. The number of allylic oxidation sites excluding steroid dienone is 1. The second-order valence-corrected chi connectivity index (χ2v) is 10.3. The molecule has 2 aromatic rings. The monoisotopic (exact) mass is 565 g/mol. The molecular formula is C28H32ClN7O4. The minimum Gasteiger partial charge on any atom is -0.484 e. The summed E-state index contributed by atoms with van der Waals surface area (Å²) >= 11 is 5.92. The molecule has 1 aromatic heterocycles. The van der Waals surface area contributed by atoms with Crippen molar-refractivity contribution in [3.63, 3.8) is 0 Å². The first kappa shape index (κ1) is 27.5. The first-order chi connectivity index (χ1) is 19.4. The van der Waals surface area contributed by atoms with Crippen LogP contribution in [0.25, 0.3) is 0 Å². The summed E-state index contributed by atoms with van der Waals surface area (Å²) < 4.78 is 11.8. The van der Waals surface area contributed by atoms with Gasteiger partial charge in [0.25, 0.3) is 11.8 Å². The van der Waals surface area contributed by atoms with Gasteiger partial charge in [-0.1, -0.05) is 17.7 Å². The second kappa shape index (κ2) is 12.4. The van der Waals surface area contributed by atoms with Crippen LogP contribution in [-0.4, -0.2) is 85.2 Å². The molecule has 1 atom stereocenters. The van der Waals surface area contributed by atoms with Crippen molar-refractivity contribution in [2.45, 2.75) is 25.4 Å². The number of aromatic amines is 1. The summed E-state index contributed by atoms with van der Waals surface area (Å²) in [4.78, 5) is 41.9. The van der Waals surface area contributed by atoms with E-state index in [4.69, 9.17) is 26.1 Å². The second-order valence-electron chi connectivity index (χ2n) is 9.88. The fourth-order valence-corrected chi connectivity index (χ4v) is 4.76. The van der Waals surface area contributed by atoms with E-state index >= 15 is 0 Å². The largest absolute Gasteiger partial charge is 0.484 e. The zero-order chi connectivity index (χ0) is 28.1. The fraction of sp³-hybridized carbons (Fsp3) is 0.357. The number of fused-ring (bicyclic) bond motifs is 2. The van der Waals surface area contributed by atoms with Crippen molar-refractivity contribution in [2.75, 3.05) is 51.0 Å². The molecule has 2 bridgehead atoms. The van der Waals surface area contributed by atoms with E-state index in [1.54, 1.807) is 48.6 Å². The molecule has 0 radical (unpaired) electrons. The van der Waals surface area contributed by atoms with Crippen LogP contribution in [0.4, 0.5) is 11.5 Å². The molecule has 0 spiro atoms. The number of aliphatic imine (C=N–C) groups is 2. The average molecular weight is 566 g/mol. The molecule has 3 heterocycles. The van der Waals surface area contributed by atoms with E-state index in [9.17, 15) is 9.59 Å². The molecule has 210 valence electrons. The van der Waals surface area contributed by atoms with Crippen LogP contribution in [0.15, 0.2) is 64.1 Å². The number of anilines is 2. The third kappa shape index (κ3) is 6.72. The van der Waals surface area contributed by atoms with E-state index < -0.39 is 0 Å². The Morgan fingerprint density at radius 1 is 1.25 bits per heavy atom. The number of H-pyrrole nitrogens is 1. The molecular weight excluding hydrogens is 534 g/mol. The minimum absolute atomic E-state index is 0.139. The maximum absolute atomic E-state index is 12.8. The van der Waals surface area contributed by atoms with Crippen molar-refractivity contribution in [1.29, 1.82) is 0 Å². The van der Waals surface area contributed by atoms with E-state index in [0.29, 0.717) is 47.6 Å². The Bertz CT molecular complexity index is 1380. The van der Waals surface area contributed by atoms with Crippen LogP contribution >= 0.6 is 11.6 Å². The van der Waals surface area contributed by atoms with E-state index in [1.165, 1.54) is 0 Å². The van der Waals surface area contributed by atoms with Crippen molar-refractivity contribution in [3.8, 4) is 0 Å². The van der Waals surface area contributed by atoms with Crippen LogP contribution in [-0.2, 0) is 25.6 Å². The summed E-state index contributed by atoms with van der Waals surface area (Å²) in [6.45, 7) is 1.75. The van der Waals surface area contributed by atoms with Gasteiger partial charge in [0.1, 0.15) is 11.6 Å². The minimum atomic E-state index is -0.336. The summed E-state index contributed by atoms with van der Waals surface area (Å²) in [5, 5.41) is 6.51. The highest BCUT2D eigenvalue weighted by atomic mass is 35.5. The van der Waals surface area contributed by atoms with Gasteiger partial charge in [-0.15, -0.1) is 0 Å².